The number of thioether (sulfide) groups is 1. The molecule has 1 N–H and O–H groups in total. The maximum absolute atomic E-state index is 5.92. The summed E-state index contributed by atoms with van der Waals surface area (Å²) < 4.78 is 0. The minimum atomic E-state index is 0.562. The van der Waals surface area contributed by atoms with Gasteiger partial charge in [0, 0.05) is 18.0 Å². The third-order valence-corrected chi connectivity index (χ3v) is 3.51. The molecule has 1 aromatic rings. The molecule has 1 aliphatic rings. The van der Waals surface area contributed by atoms with Gasteiger partial charge in [0.2, 0.25) is 0 Å². The molecule has 0 saturated carbocycles. The minimum absolute atomic E-state index is 0.562. The summed E-state index contributed by atoms with van der Waals surface area (Å²) in [6.07, 6.45) is 2.92. The van der Waals surface area contributed by atoms with E-state index in [2.05, 4.69) is 10.3 Å². The predicted molar refractivity (Wildman–Crippen MR) is 58.6 cm³/mol. The van der Waals surface area contributed by atoms with Crippen LogP contribution in [0.1, 0.15) is 6.42 Å². The second-order valence-corrected chi connectivity index (χ2v) is 4.55. The molecule has 1 fully saturated rings. The molecule has 70 valence electrons. The Morgan fingerprint density at radius 3 is 3.23 bits per heavy atom. The molecule has 1 atom stereocenters. The van der Waals surface area contributed by atoms with Crippen molar-refractivity contribution >= 4 is 29.1 Å². The van der Waals surface area contributed by atoms with Gasteiger partial charge in [0.1, 0.15) is 0 Å². The van der Waals surface area contributed by atoms with Crippen molar-refractivity contribution in [2.45, 2.75) is 12.5 Å². The Labute approximate surface area is 87.1 Å². The highest BCUT2D eigenvalue weighted by Gasteiger charge is 2.15. The second kappa shape index (κ2) is 4.20. The lowest BCUT2D eigenvalue weighted by Gasteiger charge is -2.12. The third-order valence-electron chi connectivity index (χ3n) is 2.05. The molecule has 0 spiro atoms. The summed E-state index contributed by atoms with van der Waals surface area (Å²) in [7, 11) is 0. The first-order valence-electron chi connectivity index (χ1n) is 4.31. The summed E-state index contributed by atoms with van der Waals surface area (Å²) in [5.74, 6) is 2.42. The fourth-order valence-electron chi connectivity index (χ4n) is 1.36. The number of halogens is 1. The van der Waals surface area contributed by atoms with Crippen molar-refractivity contribution in [3.63, 3.8) is 0 Å². The Hall–Kier alpha value is -0.410. The van der Waals surface area contributed by atoms with Crippen LogP contribution in [-0.4, -0.2) is 22.5 Å². The topological polar surface area (TPSA) is 24.9 Å². The van der Waals surface area contributed by atoms with Crippen molar-refractivity contribution in [3.05, 3.63) is 23.5 Å². The van der Waals surface area contributed by atoms with Crippen molar-refractivity contribution < 1.29 is 0 Å². The van der Waals surface area contributed by atoms with Crippen LogP contribution in [0.3, 0.4) is 0 Å². The van der Waals surface area contributed by atoms with Crippen LogP contribution in [0.15, 0.2) is 18.3 Å². The standard InChI is InChI=1S/C9H11ClN2S/c10-9-8(2-1-4-11-9)12-7-3-5-13-6-7/h1-2,4,7,12H,3,5-6H2. The van der Waals surface area contributed by atoms with Crippen molar-refractivity contribution in [1.82, 2.24) is 4.98 Å². The molecule has 0 bridgehead atoms. The number of rotatable bonds is 2. The molecule has 2 heterocycles. The normalized spacial score (nSPS) is 21.8. The van der Waals surface area contributed by atoms with Gasteiger partial charge >= 0.3 is 0 Å². The number of nitrogens with one attached hydrogen (secondary N) is 1. The monoisotopic (exact) mass is 214 g/mol. The zero-order valence-electron chi connectivity index (χ0n) is 7.16. The van der Waals surface area contributed by atoms with Crippen LogP contribution in [-0.2, 0) is 0 Å². The molecule has 1 unspecified atom stereocenters. The van der Waals surface area contributed by atoms with E-state index in [0.717, 1.165) is 5.69 Å². The van der Waals surface area contributed by atoms with E-state index in [1.54, 1.807) is 6.20 Å². The van der Waals surface area contributed by atoms with Crippen LogP contribution >= 0.6 is 23.4 Å². The zero-order chi connectivity index (χ0) is 9.10. The van der Waals surface area contributed by atoms with Gasteiger partial charge in [-0.05, 0) is 24.3 Å². The summed E-state index contributed by atoms with van der Waals surface area (Å²) in [5, 5.41) is 3.96. The highest BCUT2D eigenvalue weighted by molar-refractivity contribution is 7.99. The zero-order valence-corrected chi connectivity index (χ0v) is 8.74. The molecule has 13 heavy (non-hydrogen) atoms. The van der Waals surface area contributed by atoms with Gasteiger partial charge in [-0.1, -0.05) is 11.6 Å². The van der Waals surface area contributed by atoms with E-state index in [4.69, 9.17) is 11.6 Å². The number of aromatic nitrogens is 1. The Morgan fingerprint density at radius 1 is 1.62 bits per heavy atom. The fourth-order valence-corrected chi connectivity index (χ4v) is 2.69. The molecule has 2 nitrogen and oxygen atoms in total. The fraction of sp³-hybridized carbons (Fsp3) is 0.444. The lowest BCUT2D eigenvalue weighted by molar-refractivity contribution is 0.812. The number of hydrogen-bond donors (Lipinski definition) is 1. The molecule has 2 rings (SSSR count). The van der Waals surface area contributed by atoms with Crippen LogP contribution in [0.2, 0.25) is 5.15 Å². The average molecular weight is 215 g/mol. The molecule has 1 aromatic heterocycles. The van der Waals surface area contributed by atoms with Crippen molar-refractivity contribution in [2.24, 2.45) is 0 Å². The number of anilines is 1. The van der Waals surface area contributed by atoms with Gasteiger partial charge < -0.3 is 5.32 Å². The Balaban J connectivity index is 2.04. The summed E-state index contributed by atoms with van der Waals surface area (Å²) in [6, 6.07) is 4.43. The second-order valence-electron chi connectivity index (χ2n) is 3.05. The minimum Gasteiger partial charge on any atom is -0.379 e. The van der Waals surface area contributed by atoms with Gasteiger partial charge in [0.25, 0.3) is 0 Å². The number of nitrogens with zero attached hydrogens (tertiary/aromatic N) is 1. The Bertz CT molecular complexity index is 287. The van der Waals surface area contributed by atoms with Gasteiger partial charge in [-0.3, -0.25) is 0 Å². The van der Waals surface area contributed by atoms with Crippen LogP contribution in [0, 0.1) is 0 Å². The van der Waals surface area contributed by atoms with Crippen LogP contribution in [0.4, 0.5) is 5.69 Å². The lowest BCUT2D eigenvalue weighted by atomic mass is 10.2. The van der Waals surface area contributed by atoms with Crippen molar-refractivity contribution in [1.29, 1.82) is 0 Å². The highest BCUT2D eigenvalue weighted by atomic mass is 35.5. The molecule has 0 radical (unpaired) electrons. The summed E-state index contributed by atoms with van der Waals surface area (Å²) in [5.41, 5.74) is 0.955. The molecule has 1 saturated heterocycles. The van der Waals surface area contributed by atoms with E-state index in [1.165, 1.54) is 17.9 Å². The van der Waals surface area contributed by atoms with Crippen LogP contribution in [0.5, 0.6) is 0 Å². The Kier molecular flexibility index (Phi) is 2.96. The van der Waals surface area contributed by atoms with E-state index in [0.29, 0.717) is 11.2 Å². The largest absolute Gasteiger partial charge is 0.379 e. The molecule has 0 aromatic carbocycles. The predicted octanol–water partition coefficient (Wildman–Crippen LogP) is 2.65. The van der Waals surface area contributed by atoms with Gasteiger partial charge in [-0.15, -0.1) is 0 Å². The number of hydrogen-bond acceptors (Lipinski definition) is 3. The summed E-state index contributed by atoms with van der Waals surface area (Å²) >= 11 is 7.90. The molecule has 0 aliphatic carbocycles. The maximum atomic E-state index is 5.92. The Morgan fingerprint density at radius 2 is 2.54 bits per heavy atom. The molecule has 0 amide bonds. The lowest BCUT2D eigenvalue weighted by Crippen LogP contribution is -2.18. The SMILES string of the molecule is Clc1ncccc1NC1CCSC1. The van der Waals surface area contributed by atoms with Crippen LogP contribution in [0.25, 0.3) is 0 Å². The first kappa shape index (κ1) is 9.16. The molecule has 1 aliphatic heterocycles. The average Bonchev–Trinajstić information content (AvgIpc) is 2.61. The quantitative estimate of drug-likeness (QED) is 0.767. The van der Waals surface area contributed by atoms with E-state index in [-0.39, 0.29) is 0 Å². The van der Waals surface area contributed by atoms with E-state index >= 15 is 0 Å². The molecular weight excluding hydrogens is 204 g/mol. The van der Waals surface area contributed by atoms with Crippen molar-refractivity contribution in [3.8, 4) is 0 Å². The van der Waals surface area contributed by atoms with Crippen LogP contribution < -0.4 is 5.32 Å². The summed E-state index contributed by atoms with van der Waals surface area (Å²) in [6.45, 7) is 0. The van der Waals surface area contributed by atoms with Crippen molar-refractivity contribution in [2.75, 3.05) is 16.8 Å². The maximum Gasteiger partial charge on any atom is 0.152 e. The first-order chi connectivity index (χ1) is 6.36. The van der Waals surface area contributed by atoms with Gasteiger partial charge in [0.05, 0.1) is 5.69 Å². The third kappa shape index (κ3) is 2.29. The summed E-state index contributed by atoms with van der Waals surface area (Å²) in [4.78, 5) is 4.02. The van der Waals surface area contributed by atoms with Gasteiger partial charge in [-0.25, -0.2) is 4.98 Å². The first-order valence-corrected chi connectivity index (χ1v) is 5.84. The van der Waals surface area contributed by atoms with Gasteiger partial charge in [-0.2, -0.15) is 11.8 Å². The van der Waals surface area contributed by atoms with E-state index in [9.17, 15) is 0 Å². The van der Waals surface area contributed by atoms with E-state index < -0.39 is 0 Å². The molecular formula is C9H11ClN2S. The number of pyridine rings is 1. The molecule has 4 heteroatoms. The van der Waals surface area contributed by atoms with Gasteiger partial charge in [0.15, 0.2) is 5.15 Å². The smallest absolute Gasteiger partial charge is 0.152 e. The van der Waals surface area contributed by atoms with E-state index in [1.807, 2.05) is 23.9 Å². The highest BCUT2D eigenvalue weighted by Crippen LogP contribution is 2.24.